The van der Waals surface area contributed by atoms with Gasteiger partial charge in [0.1, 0.15) is 0 Å². The van der Waals surface area contributed by atoms with Crippen molar-refractivity contribution >= 4 is 17.6 Å². The van der Waals surface area contributed by atoms with Crippen molar-refractivity contribution in [3.05, 3.63) is 30.3 Å². The molecule has 0 saturated carbocycles. The van der Waals surface area contributed by atoms with Gasteiger partial charge in [-0.1, -0.05) is 18.2 Å². The second kappa shape index (κ2) is 7.34. The largest absolute Gasteiger partial charge is 0.370 e. The molecule has 7 nitrogen and oxygen atoms in total. The average Bonchev–Trinajstić information content (AvgIpc) is 2.35. The van der Waals surface area contributed by atoms with E-state index in [0.717, 1.165) is 0 Å². The van der Waals surface area contributed by atoms with Crippen LogP contribution in [0.1, 0.15) is 6.42 Å². The summed E-state index contributed by atoms with van der Waals surface area (Å²) in [5, 5.41) is 5.61. The number of hydrogen-bond donors (Lipinski definition) is 3. The van der Waals surface area contributed by atoms with Crippen molar-refractivity contribution < 1.29 is 9.59 Å². The van der Waals surface area contributed by atoms with Gasteiger partial charge in [-0.2, -0.15) is 5.53 Å². The minimum absolute atomic E-state index is 0.0864. The zero-order valence-electron chi connectivity index (χ0n) is 11.1. The van der Waals surface area contributed by atoms with Gasteiger partial charge in [0.15, 0.2) is 0 Å². The number of nitrogens with one attached hydrogen (secondary N) is 2. The number of rotatable bonds is 6. The average molecular weight is 265 g/mol. The first-order valence-corrected chi connectivity index (χ1v) is 5.84. The van der Waals surface area contributed by atoms with Crippen molar-refractivity contribution in [1.29, 1.82) is 0 Å². The van der Waals surface area contributed by atoms with Crippen LogP contribution in [0.15, 0.2) is 30.3 Å². The number of para-hydroxylation sites is 1. The zero-order valence-corrected chi connectivity index (χ0v) is 11.1. The van der Waals surface area contributed by atoms with Crippen LogP contribution in [0.5, 0.6) is 0 Å². The summed E-state index contributed by atoms with van der Waals surface area (Å²) >= 11 is 0. The van der Waals surface area contributed by atoms with Crippen LogP contribution in [0, 0.1) is 0 Å². The van der Waals surface area contributed by atoms with Gasteiger partial charge in [-0.15, -0.1) is 0 Å². The maximum absolute atomic E-state index is 12.0. The molecule has 0 fully saturated rings. The van der Waals surface area contributed by atoms with Crippen LogP contribution in [0.25, 0.3) is 0 Å². The minimum atomic E-state index is -0.460. The lowest BCUT2D eigenvalue weighted by atomic mass is 10.3. The molecule has 4 N–H and O–H groups in total. The van der Waals surface area contributed by atoms with E-state index in [-0.39, 0.29) is 19.0 Å². The van der Waals surface area contributed by atoms with Gasteiger partial charge in [-0.25, -0.2) is 14.8 Å². The van der Waals surface area contributed by atoms with Gasteiger partial charge in [0.05, 0.1) is 0 Å². The molecule has 0 radical (unpaired) electrons. The molecule has 104 valence electrons. The van der Waals surface area contributed by atoms with Crippen molar-refractivity contribution in [3.8, 4) is 0 Å². The number of primary amides is 1. The number of carbonyl (C=O) groups excluding carboxylic acids is 2. The molecular formula is C12H19N5O2. The standard InChI is InChI=1S/C12H19N5O2/c1-16(2)15-17(9-8-11(13)18)12(19)14-10-6-4-3-5-7-10/h3-7,15H,8-9H2,1-2H3,(H2,13,18)(H,14,19). The summed E-state index contributed by atoms with van der Waals surface area (Å²) in [6.07, 6.45) is 0.0864. The predicted molar refractivity (Wildman–Crippen MR) is 72.8 cm³/mol. The molecule has 0 aliphatic carbocycles. The highest BCUT2D eigenvalue weighted by molar-refractivity contribution is 5.89. The van der Waals surface area contributed by atoms with Crippen LogP contribution >= 0.6 is 0 Å². The number of hydrazine groups is 2. The minimum Gasteiger partial charge on any atom is -0.370 e. The number of anilines is 1. The molecule has 0 aliphatic rings. The van der Waals surface area contributed by atoms with Gasteiger partial charge >= 0.3 is 6.03 Å². The Hall–Kier alpha value is -2.12. The summed E-state index contributed by atoms with van der Waals surface area (Å²) in [4.78, 5) is 22.8. The molecule has 7 heteroatoms. The van der Waals surface area contributed by atoms with Gasteiger partial charge in [0.25, 0.3) is 0 Å². The smallest absolute Gasteiger partial charge is 0.337 e. The van der Waals surface area contributed by atoms with E-state index in [1.54, 1.807) is 31.2 Å². The fraction of sp³-hybridized carbons (Fsp3) is 0.333. The van der Waals surface area contributed by atoms with Crippen molar-refractivity contribution in [2.45, 2.75) is 6.42 Å². The van der Waals surface area contributed by atoms with Gasteiger partial charge in [0, 0.05) is 32.7 Å². The number of carbonyl (C=O) groups is 2. The van der Waals surface area contributed by atoms with Crippen molar-refractivity contribution in [2.75, 3.05) is 26.0 Å². The summed E-state index contributed by atoms with van der Waals surface area (Å²) in [5.74, 6) is -0.460. The summed E-state index contributed by atoms with van der Waals surface area (Å²) in [6, 6.07) is 8.70. The third-order valence-electron chi connectivity index (χ3n) is 2.17. The summed E-state index contributed by atoms with van der Waals surface area (Å²) in [5.41, 5.74) is 8.57. The van der Waals surface area contributed by atoms with Crippen molar-refractivity contribution in [3.63, 3.8) is 0 Å². The Bertz CT molecular complexity index is 421. The third-order valence-corrected chi connectivity index (χ3v) is 2.17. The number of nitrogens with two attached hydrogens (primary N) is 1. The van der Waals surface area contributed by atoms with Crippen LogP contribution in [0.2, 0.25) is 0 Å². The molecule has 0 unspecified atom stereocenters. The van der Waals surface area contributed by atoms with E-state index >= 15 is 0 Å². The van der Waals surface area contributed by atoms with Gasteiger partial charge < -0.3 is 11.1 Å². The van der Waals surface area contributed by atoms with Gasteiger partial charge in [-0.3, -0.25) is 4.79 Å². The number of nitrogens with zero attached hydrogens (tertiary/aromatic N) is 2. The Labute approximate surface area is 112 Å². The lowest BCUT2D eigenvalue weighted by Gasteiger charge is -2.26. The Kier molecular flexibility index (Phi) is 5.77. The monoisotopic (exact) mass is 265 g/mol. The highest BCUT2D eigenvalue weighted by atomic mass is 16.2. The Morgan fingerprint density at radius 3 is 2.37 bits per heavy atom. The van der Waals surface area contributed by atoms with Crippen LogP contribution in [0.3, 0.4) is 0 Å². The topological polar surface area (TPSA) is 90.7 Å². The Morgan fingerprint density at radius 2 is 1.84 bits per heavy atom. The van der Waals surface area contributed by atoms with E-state index in [1.807, 2.05) is 18.2 Å². The number of urea groups is 1. The Balaban J connectivity index is 2.62. The van der Waals surface area contributed by atoms with E-state index < -0.39 is 5.91 Å². The van der Waals surface area contributed by atoms with E-state index in [9.17, 15) is 9.59 Å². The maximum Gasteiger partial charge on any atom is 0.337 e. The lowest BCUT2D eigenvalue weighted by Crippen LogP contribution is -2.52. The first-order chi connectivity index (χ1) is 8.99. The summed E-state index contributed by atoms with van der Waals surface area (Å²) in [7, 11) is 3.49. The van der Waals surface area contributed by atoms with E-state index in [4.69, 9.17) is 5.73 Å². The molecule has 1 rings (SSSR count). The molecule has 0 aliphatic heterocycles. The third kappa shape index (κ3) is 5.84. The summed E-state index contributed by atoms with van der Waals surface area (Å²) < 4.78 is 0. The molecule has 0 bridgehead atoms. The molecule has 3 amide bonds. The SMILES string of the molecule is CN(C)NN(CCC(N)=O)C(=O)Nc1ccccc1. The van der Waals surface area contributed by atoms with Crippen LogP contribution in [-0.2, 0) is 4.79 Å². The normalized spacial score (nSPS) is 10.3. The van der Waals surface area contributed by atoms with Gasteiger partial charge in [-0.05, 0) is 12.1 Å². The predicted octanol–water partition coefficient (Wildman–Crippen LogP) is 0.377. The highest BCUT2D eigenvalue weighted by Gasteiger charge is 2.14. The van der Waals surface area contributed by atoms with E-state index in [2.05, 4.69) is 10.9 Å². The molecule has 19 heavy (non-hydrogen) atoms. The number of amides is 3. The summed E-state index contributed by atoms with van der Waals surface area (Å²) in [6.45, 7) is 0.187. The number of benzene rings is 1. The molecular weight excluding hydrogens is 246 g/mol. The van der Waals surface area contributed by atoms with Crippen LogP contribution in [0.4, 0.5) is 10.5 Å². The number of hydrogen-bond acceptors (Lipinski definition) is 4. The molecule has 1 aromatic rings. The maximum atomic E-state index is 12.0. The Morgan fingerprint density at radius 1 is 1.21 bits per heavy atom. The fourth-order valence-electron chi connectivity index (χ4n) is 1.37. The molecule has 0 spiro atoms. The van der Waals surface area contributed by atoms with E-state index in [1.165, 1.54) is 5.01 Å². The van der Waals surface area contributed by atoms with E-state index in [0.29, 0.717) is 5.69 Å². The van der Waals surface area contributed by atoms with Crippen molar-refractivity contribution in [2.24, 2.45) is 5.73 Å². The molecule has 1 aromatic carbocycles. The highest BCUT2D eigenvalue weighted by Crippen LogP contribution is 2.06. The first-order valence-electron chi connectivity index (χ1n) is 5.84. The fourth-order valence-corrected chi connectivity index (χ4v) is 1.37. The quantitative estimate of drug-likeness (QED) is 0.648. The zero-order chi connectivity index (χ0) is 14.3. The van der Waals surface area contributed by atoms with Crippen LogP contribution in [-0.4, -0.2) is 42.6 Å². The lowest BCUT2D eigenvalue weighted by molar-refractivity contribution is -0.118. The van der Waals surface area contributed by atoms with Gasteiger partial charge in [0.2, 0.25) is 5.91 Å². The molecule has 0 saturated heterocycles. The van der Waals surface area contributed by atoms with Crippen molar-refractivity contribution in [1.82, 2.24) is 15.6 Å². The molecule has 0 heterocycles. The molecule has 0 atom stereocenters. The second-order valence-electron chi connectivity index (χ2n) is 4.16. The first kappa shape index (κ1) is 14.9. The van der Waals surface area contributed by atoms with Crippen LogP contribution < -0.4 is 16.6 Å². The second-order valence-corrected chi connectivity index (χ2v) is 4.16. The molecule has 0 aromatic heterocycles.